The fourth-order valence-corrected chi connectivity index (χ4v) is 1.67. The molecule has 0 amide bonds. The summed E-state index contributed by atoms with van der Waals surface area (Å²) in [6, 6.07) is 2.94. The van der Waals surface area contributed by atoms with Gasteiger partial charge < -0.3 is 9.84 Å². The molecule has 1 saturated heterocycles. The van der Waals surface area contributed by atoms with Crippen LogP contribution in [0.3, 0.4) is 0 Å². The molecule has 0 saturated carbocycles. The number of aromatic nitrogens is 2. The van der Waals surface area contributed by atoms with Crippen LogP contribution in [0.15, 0.2) is 16.9 Å². The highest BCUT2D eigenvalue weighted by Gasteiger charge is 2.17. The predicted molar refractivity (Wildman–Crippen MR) is 53.3 cm³/mol. The smallest absolute Gasteiger partial charge is 0.269 e. The number of hydrogen-bond acceptors (Lipinski definition) is 4. The van der Waals surface area contributed by atoms with Crippen molar-refractivity contribution >= 4 is 0 Å². The maximum atomic E-state index is 11.5. The number of nitrogens with zero attached hydrogens (tertiary/aromatic N) is 2. The van der Waals surface area contributed by atoms with Crippen LogP contribution in [0.1, 0.15) is 31.2 Å². The molecule has 82 valence electrons. The second kappa shape index (κ2) is 4.55. The van der Waals surface area contributed by atoms with Crippen molar-refractivity contribution in [3.8, 4) is 0 Å². The lowest BCUT2D eigenvalue weighted by atomic mass is 10.2. The van der Waals surface area contributed by atoms with E-state index in [1.54, 1.807) is 0 Å². The average Bonchev–Trinajstić information content (AvgIpc) is 2.31. The summed E-state index contributed by atoms with van der Waals surface area (Å²) >= 11 is 0. The van der Waals surface area contributed by atoms with Crippen molar-refractivity contribution in [2.24, 2.45) is 0 Å². The lowest BCUT2D eigenvalue weighted by molar-refractivity contribution is -0.0430. The maximum absolute atomic E-state index is 11.5. The minimum Gasteiger partial charge on any atom is -0.390 e. The van der Waals surface area contributed by atoms with Crippen LogP contribution in [-0.4, -0.2) is 21.5 Å². The van der Waals surface area contributed by atoms with E-state index in [0.717, 1.165) is 19.3 Å². The Hall–Kier alpha value is -1.20. The van der Waals surface area contributed by atoms with Crippen molar-refractivity contribution in [1.82, 2.24) is 9.78 Å². The van der Waals surface area contributed by atoms with Crippen LogP contribution >= 0.6 is 0 Å². The van der Waals surface area contributed by atoms with Crippen LogP contribution in [0.25, 0.3) is 0 Å². The van der Waals surface area contributed by atoms with Crippen LogP contribution in [0, 0.1) is 0 Å². The molecular formula is C10H14N2O3. The monoisotopic (exact) mass is 210 g/mol. The molecule has 1 aliphatic rings. The molecule has 0 spiro atoms. The summed E-state index contributed by atoms with van der Waals surface area (Å²) in [4.78, 5) is 11.5. The highest BCUT2D eigenvalue weighted by molar-refractivity contribution is 4.99. The first-order chi connectivity index (χ1) is 7.31. The number of aliphatic hydroxyl groups excluding tert-OH is 1. The van der Waals surface area contributed by atoms with Gasteiger partial charge in [0.2, 0.25) is 0 Å². The molecule has 0 bridgehead atoms. The van der Waals surface area contributed by atoms with Crippen molar-refractivity contribution in [3.05, 3.63) is 28.2 Å². The third-order valence-electron chi connectivity index (χ3n) is 2.47. The summed E-state index contributed by atoms with van der Waals surface area (Å²) in [5.74, 6) is 0. The molecule has 1 atom stereocenters. The Balaban J connectivity index is 2.28. The first kappa shape index (κ1) is 10.3. The van der Waals surface area contributed by atoms with E-state index in [1.807, 2.05) is 0 Å². The summed E-state index contributed by atoms with van der Waals surface area (Å²) in [7, 11) is 0. The van der Waals surface area contributed by atoms with Crippen LogP contribution in [0.4, 0.5) is 0 Å². The van der Waals surface area contributed by atoms with Crippen molar-refractivity contribution < 1.29 is 9.84 Å². The molecule has 2 rings (SSSR count). The summed E-state index contributed by atoms with van der Waals surface area (Å²) in [6.07, 6.45) is 2.62. The second-order valence-corrected chi connectivity index (χ2v) is 3.59. The Kier molecular flexibility index (Phi) is 3.13. The van der Waals surface area contributed by atoms with Gasteiger partial charge in [0.05, 0.1) is 12.3 Å². The van der Waals surface area contributed by atoms with E-state index in [-0.39, 0.29) is 18.4 Å². The molecule has 1 aromatic heterocycles. The standard InChI is InChI=1S/C10H14N2O3/c13-7-8-4-5-9(14)12(11-8)10-3-1-2-6-15-10/h4-5,10,13H,1-3,6-7H2/t10-/m0/s1. The Bertz CT molecular complexity index is 382. The largest absolute Gasteiger partial charge is 0.390 e. The van der Waals surface area contributed by atoms with Crippen molar-refractivity contribution in [2.45, 2.75) is 32.1 Å². The number of ether oxygens (including phenoxy) is 1. The summed E-state index contributed by atoms with van der Waals surface area (Å²) in [6.45, 7) is 0.509. The molecule has 0 unspecified atom stereocenters. The summed E-state index contributed by atoms with van der Waals surface area (Å²) in [5, 5.41) is 13.0. The van der Waals surface area contributed by atoms with Crippen LogP contribution in [0.2, 0.25) is 0 Å². The Morgan fingerprint density at radius 2 is 2.40 bits per heavy atom. The molecule has 0 aliphatic carbocycles. The minimum atomic E-state index is -0.266. The molecule has 1 aliphatic heterocycles. The van der Waals surface area contributed by atoms with E-state index < -0.39 is 0 Å². The Morgan fingerprint density at radius 3 is 3.07 bits per heavy atom. The highest BCUT2D eigenvalue weighted by atomic mass is 16.5. The molecule has 5 nitrogen and oxygen atoms in total. The van der Waals surface area contributed by atoms with E-state index in [1.165, 1.54) is 16.8 Å². The SMILES string of the molecule is O=c1ccc(CO)nn1[C@@H]1CCCCO1. The first-order valence-corrected chi connectivity index (χ1v) is 5.12. The van der Waals surface area contributed by atoms with Gasteiger partial charge in [0.1, 0.15) is 0 Å². The van der Waals surface area contributed by atoms with Gasteiger partial charge in [0.15, 0.2) is 6.23 Å². The number of aliphatic hydroxyl groups is 1. The van der Waals surface area contributed by atoms with E-state index in [2.05, 4.69) is 5.10 Å². The van der Waals surface area contributed by atoms with Crippen LogP contribution in [0.5, 0.6) is 0 Å². The van der Waals surface area contributed by atoms with Gasteiger partial charge in [-0.3, -0.25) is 4.79 Å². The maximum Gasteiger partial charge on any atom is 0.269 e. The molecule has 1 fully saturated rings. The van der Waals surface area contributed by atoms with E-state index in [4.69, 9.17) is 9.84 Å². The van der Waals surface area contributed by atoms with Gasteiger partial charge in [-0.25, -0.2) is 4.68 Å². The molecule has 5 heteroatoms. The first-order valence-electron chi connectivity index (χ1n) is 5.12. The minimum absolute atomic E-state index is 0.160. The van der Waals surface area contributed by atoms with Gasteiger partial charge in [-0.1, -0.05) is 0 Å². The van der Waals surface area contributed by atoms with Gasteiger partial charge in [-0.2, -0.15) is 5.10 Å². The second-order valence-electron chi connectivity index (χ2n) is 3.59. The molecule has 0 aromatic carbocycles. The fourth-order valence-electron chi connectivity index (χ4n) is 1.67. The van der Waals surface area contributed by atoms with Crippen LogP contribution < -0.4 is 5.56 Å². The zero-order chi connectivity index (χ0) is 10.7. The molecule has 1 aromatic rings. The van der Waals surface area contributed by atoms with Crippen molar-refractivity contribution in [2.75, 3.05) is 6.61 Å². The van der Waals surface area contributed by atoms with Crippen molar-refractivity contribution in [3.63, 3.8) is 0 Å². The topological polar surface area (TPSA) is 64.3 Å². The zero-order valence-corrected chi connectivity index (χ0v) is 8.43. The van der Waals surface area contributed by atoms with Crippen LogP contribution in [-0.2, 0) is 11.3 Å². The summed E-state index contributed by atoms with van der Waals surface area (Å²) < 4.78 is 6.79. The average molecular weight is 210 g/mol. The van der Waals surface area contributed by atoms with Gasteiger partial charge in [-0.15, -0.1) is 0 Å². The fraction of sp³-hybridized carbons (Fsp3) is 0.600. The molecule has 0 radical (unpaired) electrons. The quantitative estimate of drug-likeness (QED) is 0.769. The van der Waals surface area contributed by atoms with Gasteiger partial charge in [-0.05, 0) is 25.3 Å². The van der Waals surface area contributed by atoms with Gasteiger partial charge in [0.25, 0.3) is 5.56 Å². The number of rotatable bonds is 2. The Morgan fingerprint density at radius 1 is 1.53 bits per heavy atom. The number of hydrogen-bond donors (Lipinski definition) is 1. The van der Waals surface area contributed by atoms with Gasteiger partial charge in [0, 0.05) is 12.7 Å². The van der Waals surface area contributed by atoms with Gasteiger partial charge >= 0.3 is 0 Å². The van der Waals surface area contributed by atoms with E-state index in [9.17, 15) is 4.79 Å². The predicted octanol–water partition coefficient (Wildman–Crippen LogP) is 0.435. The summed E-state index contributed by atoms with van der Waals surface area (Å²) in [5.41, 5.74) is 0.308. The third-order valence-corrected chi connectivity index (χ3v) is 2.47. The van der Waals surface area contributed by atoms with E-state index in [0.29, 0.717) is 12.3 Å². The third kappa shape index (κ3) is 2.24. The Labute approximate surface area is 87.3 Å². The molecular weight excluding hydrogens is 196 g/mol. The molecule has 2 heterocycles. The van der Waals surface area contributed by atoms with E-state index >= 15 is 0 Å². The lowest BCUT2D eigenvalue weighted by Crippen LogP contribution is -2.31. The zero-order valence-electron chi connectivity index (χ0n) is 8.43. The molecule has 15 heavy (non-hydrogen) atoms. The van der Waals surface area contributed by atoms with Crippen molar-refractivity contribution in [1.29, 1.82) is 0 Å². The molecule has 1 N–H and O–H groups in total. The highest BCUT2D eigenvalue weighted by Crippen LogP contribution is 2.19. The normalized spacial score (nSPS) is 21.5. The lowest BCUT2D eigenvalue weighted by Gasteiger charge is -2.23.